The molecule has 62 heavy (non-hydrogen) atoms. The van der Waals surface area contributed by atoms with E-state index >= 15 is 0 Å². The van der Waals surface area contributed by atoms with Crippen LogP contribution in [-0.2, 0) is 54.3 Å². The number of primary amides is 1. The Morgan fingerprint density at radius 3 is 1.94 bits per heavy atom. The van der Waals surface area contributed by atoms with Crippen molar-refractivity contribution >= 4 is 53.2 Å². The molecule has 1 heterocycles. The number of carbonyl (C=O) groups is 9. The van der Waals surface area contributed by atoms with Gasteiger partial charge < -0.3 is 57.5 Å². The number of aliphatic hydroxyl groups is 2. The SMILES string of the molecule is CCC(C)[C@H](NC(=O)[C@@H]1CCCN1C(=O)C(O)C(Cc1ccccc1)NC(=O)[C@H](CC(N)=O)NC(=O)[C@H](CC(C)C)NC(=O)[C@H](CO)NC(C)=O)C(=O)N[C@H](C(=O)OC)C(C)C. The van der Waals surface area contributed by atoms with Gasteiger partial charge in [0.1, 0.15) is 36.3 Å². The summed E-state index contributed by atoms with van der Waals surface area (Å²) >= 11 is 0. The number of likely N-dealkylation sites (tertiary alicyclic amines) is 1. The van der Waals surface area contributed by atoms with Gasteiger partial charge in [0, 0.05) is 13.5 Å². The number of nitrogens with one attached hydrogen (secondary N) is 6. The standard InChI is InChI=1S/C42H66N8O12/c1-9-24(6)34(40(59)48-33(23(4)5)42(61)62-8)49-39(58)31-16-13-17-50(31)41(60)35(54)27(19-26-14-11-10-12-15-26)45-37(56)29(20-32(43)53)47-36(55)28(18-22(2)3)46-38(57)30(21-51)44-25(7)52/h10-12,14-15,22-24,27-31,33-35,51,54H,9,13,16-21H2,1-8H3,(H2,43,53)(H,44,52)(H,45,56)(H,46,57)(H,47,55)(H,48,59)(H,49,58)/t24?,27?,28-,29-,30-,31-,33-,34-,35?/m0/s1. The molecule has 0 aliphatic carbocycles. The van der Waals surface area contributed by atoms with E-state index in [9.17, 15) is 53.4 Å². The van der Waals surface area contributed by atoms with Crippen LogP contribution in [-0.4, -0.2) is 137 Å². The molecule has 346 valence electrons. The van der Waals surface area contributed by atoms with E-state index in [0.29, 0.717) is 18.4 Å². The van der Waals surface area contributed by atoms with Gasteiger partial charge in [0.05, 0.1) is 26.2 Å². The Morgan fingerprint density at radius 2 is 1.40 bits per heavy atom. The highest BCUT2D eigenvalue weighted by Gasteiger charge is 2.42. The first-order chi connectivity index (χ1) is 29.1. The van der Waals surface area contributed by atoms with Crippen molar-refractivity contribution in [3.8, 4) is 0 Å². The lowest BCUT2D eigenvalue weighted by Gasteiger charge is -2.33. The molecule has 20 nitrogen and oxygen atoms in total. The third-order valence-corrected chi connectivity index (χ3v) is 10.6. The van der Waals surface area contributed by atoms with E-state index in [1.165, 1.54) is 12.0 Å². The maximum Gasteiger partial charge on any atom is 0.328 e. The van der Waals surface area contributed by atoms with Gasteiger partial charge in [-0.1, -0.05) is 78.3 Å². The molecule has 1 saturated heterocycles. The van der Waals surface area contributed by atoms with Crippen LogP contribution in [0.2, 0.25) is 0 Å². The molecule has 1 fully saturated rings. The van der Waals surface area contributed by atoms with Crippen LogP contribution in [0.5, 0.6) is 0 Å². The molecule has 10 N–H and O–H groups in total. The highest BCUT2D eigenvalue weighted by Crippen LogP contribution is 2.22. The molecule has 8 amide bonds. The van der Waals surface area contributed by atoms with Crippen molar-refractivity contribution in [3.05, 3.63) is 35.9 Å². The van der Waals surface area contributed by atoms with Gasteiger partial charge >= 0.3 is 5.97 Å². The summed E-state index contributed by atoms with van der Waals surface area (Å²) in [5.74, 6) is -8.12. The van der Waals surface area contributed by atoms with Gasteiger partial charge in [-0.3, -0.25) is 38.4 Å². The van der Waals surface area contributed by atoms with Crippen LogP contribution < -0.4 is 37.6 Å². The van der Waals surface area contributed by atoms with E-state index < -0.39 is 121 Å². The van der Waals surface area contributed by atoms with Gasteiger partial charge in [-0.15, -0.1) is 0 Å². The number of nitrogens with zero attached hydrogens (tertiary/aromatic N) is 1. The van der Waals surface area contributed by atoms with Crippen LogP contribution in [0.3, 0.4) is 0 Å². The predicted octanol–water partition coefficient (Wildman–Crippen LogP) is -1.70. The summed E-state index contributed by atoms with van der Waals surface area (Å²) in [7, 11) is 1.20. The van der Waals surface area contributed by atoms with Crippen molar-refractivity contribution in [3.63, 3.8) is 0 Å². The van der Waals surface area contributed by atoms with Crippen molar-refractivity contribution in [2.24, 2.45) is 23.5 Å². The number of nitrogens with two attached hydrogens (primary N) is 1. The van der Waals surface area contributed by atoms with Gasteiger partial charge in [-0.25, -0.2) is 4.79 Å². The van der Waals surface area contributed by atoms with Crippen molar-refractivity contribution in [1.82, 2.24) is 36.8 Å². The van der Waals surface area contributed by atoms with Crippen molar-refractivity contribution in [1.29, 1.82) is 0 Å². The largest absolute Gasteiger partial charge is 0.467 e. The second-order valence-corrected chi connectivity index (χ2v) is 16.4. The van der Waals surface area contributed by atoms with Crippen LogP contribution in [0.25, 0.3) is 0 Å². The van der Waals surface area contributed by atoms with Crippen molar-refractivity contribution in [2.45, 2.75) is 135 Å². The lowest BCUT2D eigenvalue weighted by Crippen LogP contribution is -2.61. The van der Waals surface area contributed by atoms with Gasteiger partial charge in [-0.2, -0.15) is 0 Å². The normalized spacial score (nSPS) is 17.5. The fourth-order valence-corrected chi connectivity index (χ4v) is 6.95. The summed E-state index contributed by atoms with van der Waals surface area (Å²) in [5.41, 5.74) is 6.06. The quantitative estimate of drug-likeness (QED) is 0.0526. The average molecular weight is 875 g/mol. The number of hydrogen-bond acceptors (Lipinski definition) is 12. The maximum absolute atomic E-state index is 14.2. The van der Waals surface area contributed by atoms with Crippen LogP contribution in [0.1, 0.15) is 86.1 Å². The molecule has 3 unspecified atom stereocenters. The Bertz CT molecular complexity index is 1730. The Kier molecular flexibility index (Phi) is 21.5. The van der Waals surface area contributed by atoms with Crippen LogP contribution >= 0.6 is 0 Å². The molecule has 0 spiro atoms. The Labute approximate surface area is 362 Å². The molecule has 1 aliphatic heterocycles. The topological polar surface area (TPSA) is 305 Å². The summed E-state index contributed by atoms with van der Waals surface area (Å²) in [5, 5.41) is 36.5. The fourth-order valence-electron chi connectivity index (χ4n) is 6.95. The fraction of sp³-hybridized carbons (Fsp3) is 0.643. The molecule has 0 saturated carbocycles. The monoisotopic (exact) mass is 874 g/mol. The number of hydrogen-bond donors (Lipinski definition) is 9. The number of aliphatic hydroxyl groups excluding tert-OH is 2. The third-order valence-electron chi connectivity index (χ3n) is 10.6. The predicted molar refractivity (Wildman–Crippen MR) is 225 cm³/mol. The Morgan fingerprint density at radius 1 is 0.806 bits per heavy atom. The van der Waals surface area contributed by atoms with Gasteiger partial charge in [0.25, 0.3) is 5.91 Å². The Hall–Kier alpha value is -5.63. The summed E-state index contributed by atoms with van der Waals surface area (Å²) < 4.78 is 4.84. The molecule has 20 heteroatoms. The van der Waals surface area contributed by atoms with E-state index in [-0.39, 0.29) is 37.6 Å². The van der Waals surface area contributed by atoms with Crippen molar-refractivity contribution < 1.29 is 58.1 Å². The second kappa shape index (κ2) is 25.3. The zero-order chi connectivity index (χ0) is 46.8. The van der Waals surface area contributed by atoms with E-state index in [4.69, 9.17) is 10.5 Å². The summed E-state index contributed by atoms with van der Waals surface area (Å²) in [6.07, 6.45) is -1.72. The zero-order valence-corrected chi connectivity index (χ0v) is 36.9. The number of benzene rings is 1. The molecule has 1 aliphatic rings. The van der Waals surface area contributed by atoms with Gasteiger partial charge in [0.15, 0.2) is 6.10 Å². The van der Waals surface area contributed by atoms with Crippen molar-refractivity contribution in [2.75, 3.05) is 20.3 Å². The van der Waals surface area contributed by atoms with E-state index in [2.05, 4.69) is 31.9 Å². The molecular weight excluding hydrogens is 809 g/mol. The summed E-state index contributed by atoms with van der Waals surface area (Å²) in [4.78, 5) is 119. The molecule has 2 rings (SSSR count). The summed E-state index contributed by atoms with van der Waals surface area (Å²) in [6.45, 7) is 11.0. The molecular formula is C42H66N8O12. The number of ether oxygens (including phenoxy) is 1. The maximum atomic E-state index is 14.2. The van der Waals surface area contributed by atoms with Crippen LogP contribution in [0, 0.1) is 17.8 Å². The lowest BCUT2D eigenvalue weighted by molar-refractivity contribution is -0.148. The number of methoxy groups -OCH3 is 1. The number of rotatable bonds is 24. The highest BCUT2D eigenvalue weighted by molar-refractivity contribution is 5.97. The minimum Gasteiger partial charge on any atom is -0.467 e. The zero-order valence-electron chi connectivity index (χ0n) is 36.9. The molecule has 0 aromatic heterocycles. The number of carbonyl (C=O) groups excluding carboxylic acids is 9. The highest BCUT2D eigenvalue weighted by atomic mass is 16.5. The molecule has 9 atom stereocenters. The first-order valence-corrected chi connectivity index (χ1v) is 20.9. The van der Waals surface area contributed by atoms with Gasteiger partial charge in [-0.05, 0) is 49.0 Å². The van der Waals surface area contributed by atoms with E-state index in [1.807, 2.05) is 6.92 Å². The minimum absolute atomic E-state index is 0.0455. The molecule has 0 bridgehead atoms. The smallest absolute Gasteiger partial charge is 0.328 e. The second-order valence-electron chi connectivity index (χ2n) is 16.4. The van der Waals surface area contributed by atoms with Crippen LogP contribution in [0.4, 0.5) is 0 Å². The molecule has 0 radical (unpaired) electrons. The summed E-state index contributed by atoms with van der Waals surface area (Å²) in [6, 6.07) is -0.376. The Balaban J connectivity index is 2.40. The van der Waals surface area contributed by atoms with Gasteiger partial charge in [0.2, 0.25) is 41.4 Å². The first kappa shape index (κ1) is 52.5. The number of esters is 1. The van der Waals surface area contributed by atoms with E-state index in [1.54, 1.807) is 65.0 Å². The third kappa shape index (κ3) is 16.0. The molecule has 1 aromatic rings. The number of amides is 8. The average Bonchev–Trinajstić information content (AvgIpc) is 3.72. The lowest BCUT2D eigenvalue weighted by atomic mass is 9.96. The molecule has 1 aromatic carbocycles. The van der Waals surface area contributed by atoms with Crippen LogP contribution in [0.15, 0.2) is 30.3 Å². The minimum atomic E-state index is -1.96. The van der Waals surface area contributed by atoms with E-state index in [0.717, 1.165) is 6.92 Å². The first-order valence-electron chi connectivity index (χ1n) is 20.9.